The number of amidine groups is 1. The van der Waals surface area contributed by atoms with Gasteiger partial charge in [0.15, 0.2) is 5.17 Å². The van der Waals surface area contributed by atoms with Gasteiger partial charge in [0.1, 0.15) is 0 Å². The molecule has 4 rings (SSSR count). The molecule has 4 heteroatoms. The Kier molecular flexibility index (Phi) is 3.11. The zero-order chi connectivity index (χ0) is 13.4. The SMILES string of the molecule is c1cc(NC2=NC3CCCC3CS2)c2cccnc2c1. The number of fused-ring (bicyclic) bond motifs is 2. The molecular formula is C16H17N3S. The summed E-state index contributed by atoms with van der Waals surface area (Å²) in [7, 11) is 0. The van der Waals surface area contributed by atoms with Crippen LogP contribution in [0, 0.1) is 5.92 Å². The lowest BCUT2D eigenvalue weighted by Crippen LogP contribution is -2.25. The molecular weight excluding hydrogens is 266 g/mol. The fourth-order valence-electron chi connectivity index (χ4n) is 3.15. The Hall–Kier alpha value is -1.55. The molecule has 0 saturated heterocycles. The number of hydrogen-bond acceptors (Lipinski definition) is 4. The second kappa shape index (κ2) is 5.09. The second-order valence-corrected chi connectivity index (χ2v) is 6.51. The smallest absolute Gasteiger partial charge is 0.161 e. The summed E-state index contributed by atoms with van der Waals surface area (Å²) in [5.41, 5.74) is 2.14. The number of hydrogen-bond donors (Lipinski definition) is 1. The maximum Gasteiger partial charge on any atom is 0.161 e. The first-order valence-electron chi connectivity index (χ1n) is 7.21. The highest BCUT2D eigenvalue weighted by molar-refractivity contribution is 8.14. The van der Waals surface area contributed by atoms with Gasteiger partial charge in [-0.05, 0) is 43.0 Å². The fourth-order valence-corrected chi connectivity index (χ4v) is 4.30. The summed E-state index contributed by atoms with van der Waals surface area (Å²) in [6.07, 6.45) is 5.78. The molecule has 1 aliphatic carbocycles. The van der Waals surface area contributed by atoms with Crippen LogP contribution in [0.25, 0.3) is 10.9 Å². The van der Waals surface area contributed by atoms with Gasteiger partial charge in [0, 0.05) is 23.0 Å². The van der Waals surface area contributed by atoms with Crippen LogP contribution in [0.1, 0.15) is 19.3 Å². The number of aromatic nitrogens is 1. The predicted octanol–water partition coefficient (Wildman–Crippen LogP) is 3.92. The number of nitrogens with one attached hydrogen (secondary N) is 1. The molecule has 102 valence electrons. The van der Waals surface area contributed by atoms with E-state index in [9.17, 15) is 0 Å². The van der Waals surface area contributed by atoms with Crippen LogP contribution in [-0.4, -0.2) is 21.9 Å². The lowest BCUT2D eigenvalue weighted by atomic mass is 10.1. The Labute approximate surface area is 122 Å². The Morgan fingerprint density at radius 3 is 3.15 bits per heavy atom. The van der Waals surface area contributed by atoms with Gasteiger partial charge < -0.3 is 5.32 Å². The number of aliphatic imine (C=N–C) groups is 1. The normalized spacial score (nSPS) is 25.3. The molecule has 2 unspecified atom stereocenters. The maximum absolute atomic E-state index is 4.89. The van der Waals surface area contributed by atoms with E-state index in [1.54, 1.807) is 0 Å². The van der Waals surface area contributed by atoms with E-state index in [0.717, 1.165) is 27.7 Å². The summed E-state index contributed by atoms with van der Waals surface area (Å²) in [5, 5.41) is 5.74. The predicted molar refractivity (Wildman–Crippen MR) is 86.4 cm³/mol. The molecule has 1 aromatic heterocycles. The summed E-state index contributed by atoms with van der Waals surface area (Å²) < 4.78 is 0. The van der Waals surface area contributed by atoms with Gasteiger partial charge in [-0.3, -0.25) is 9.98 Å². The van der Waals surface area contributed by atoms with E-state index in [1.807, 2.05) is 36.2 Å². The van der Waals surface area contributed by atoms with Gasteiger partial charge in [-0.2, -0.15) is 0 Å². The molecule has 3 nitrogen and oxygen atoms in total. The molecule has 1 aliphatic heterocycles. The molecule has 0 amide bonds. The van der Waals surface area contributed by atoms with Gasteiger partial charge in [-0.15, -0.1) is 0 Å². The fraction of sp³-hybridized carbons (Fsp3) is 0.375. The van der Waals surface area contributed by atoms with Gasteiger partial charge in [0.05, 0.1) is 11.6 Å². The standard InChI is InChI=1S/C16H17N3S/c1-4-11-10-20-16(18-13(11)6-1)19-15-8-2-7-14-12(15)5-3-9-17-14/h2-3,5,7-9,11,13H,1,4,6,10H2,(H,18,19). The van der Waals surface area contributed by atoms with Crippen LogP contribution in [-0.2, 0) is 0 Å². The van der Waals surface area contributed by atoms with E-state index in [2.05, 4.69) is 22.4 Å². The van der Waals surface area contributed by atoms with Crippen molar-refractivity contribution in [2.75, 3.05) is 11.1 Å². The monoisotopic (exact) mass is 283 g/mol. The number of benzene rings is 1. The van der Waals surface area contributed by atoms with Crippen molar-refractivity contribution >= 4 is 33.5 Å². The molecule has 2 aromatic rings. The number of rotatable bonds is 1. The Morgan fingerprint density at radius 2 is 2.15 bits per heavy atom. The highest BCUT2D eigenvalue weighted by atomic mass is 32.2. The molecule has 2 aliphatic rings. The molecule has 2 atom stereocenters. The van der Waals surface area contributed by atoms with Crippen LogP contribution in [0.2, 0.25) is 0 Å². The average molecular weight is 283 g/mol. The lowest BCUT2D eigenvalue weighted by Gasteiger charge is -2.23. The van der Waals surface area contributed by atoms with Crippen molar-refractivity contribution in [2.45, 2.75) is 25.3 Å². The van der Waals surface area contributed by atoms with E-state index >= 15 is 0 Å². The zero-order valence-electron chi connectivity index (χ0n) is 11.2. The van der Waals surface area contributed by atoms with Crippen molar-refractivity contribution in [1.29, 1.82) is 0 Å². The Bertz CT molecular complexity index is 662. The highest BCUT2D eigenvalue weighted by Crippen LogP contribution is 2.36. The molecule has 2 heterocycles. The summed E-state index contributed by atoms with van der Waals surface area (Å²) in [5.74, 6) is 2.01. The molecule has 0 radical (unpaired) electrons. The first-order valence-corrected chi connectivity index (χ1v) is 8.20. The van der Waals surface area contributed by atoms with Crippen LogP contribution in [0.5, 0.6) is 0 Å². The molecule has 0 spiro atoms. The van der Waals surface area contributed by atoms with Crippen molar-refractivity contribution in [3.05, 3.63) is 36.5 Å². The van der Waals surface area contributed by atoms with Crippen LogP contribution in [0.4, 0.5) is 5.69 Å². The Morgan fingerprint density at radius 1 is 1.15 bits per heavy atom. The van der Waals surface area contributed by atoms with Gasteiger partial charge in [0.25, 0.3) is 0 Å². The Balaban J connectivity index is 1.65. The van der Waals surface area contributed by atoms with Crippen molar-refractivity contribution in [3.63, 3.8) is 0 Å². The molecule has 1 aromatic carbocycles. The molecule has 1 N–H and O–H groups in total. The second-order valence-electron chi connectivity index (χ2n) is 5.50. The quantitative estimate of drug-likeness (QED) is 0.862. The minimum atomic E-state index is 0.548. The van der Waals surface area contributed by atoms with E-state index < -0.39 is 0 Å². The minimum Gasteiger partial charge on any atom is -0.334 e. The van der Waals surface area contributed by atoms with Crippen LogP contribution in [0.3, 0.4) is 0 Å². The van der Waals surface area contributed by atoms with Gasteiger partial charge in [0.2, 0.25) is 0 Å². The summed E-state index contributed by atoms with van der Waals surface area (Å²) in [4.78, 5) is 9.30. The number of nitrogens with zero attached hydrogens (tertiary/aromatic N) is 2. The molecule has 20 heavy (non-hydrogen) atoms. The lowest BCUT2D eigenvalue weighted by molar-refractivity contribution is 0.535. The van der Waals surface area contributed by atoms with Crippen molar-refractivity contribution in [1.82, 2.24) is 4.98 Å². The maximum atomic E-state index is 4.89. The third kappa shape index (κ3) is 2.18. The third-order valence-electron chi connectivity index (χ3n) is 4.22. The largest absolute Gasteiger partial charge is 0.334 e. The van der Waals surface area contributed by atoms with Crippen molar-refractivity contribution in [2.24, 2.45) is 10.9 Å². The van der Waals surface area contributed by atoms with Crippen molar-refractivity contribution < 1.29 is 0 Å². The number of anilines is 1. The van der Waals surface area contributed by atoms with Crippen LogP contribution in [0.15, 0.2) is 41.5 Å². The van der Waals surface area contributed by atoms with Crippen LogP contribution >= 0.6 is 11.8 Å². The summed E-state index contributed by atoms with van der Waals surface area (Å²) in [6, 6.07) is 10.8. The van der Waals surface area contributed by atoms with E-state index in [0.29, 0.717) is 6.04 Å². The van der Waals surface area contributed by atoms with E-state index in [4.69, 9.17) is 4.99 Å². The first kappa shape index (κ1) is 12.2. The van der Waals surface area contributed by atoms with Crippen LogP contribution < -0.4 is 5.32 Å². The third-order valence-corrected chi connectivity index (χ3v) is 5.30. The average Bonchev–Trinajstić information content (AvgIpc) is 2.95. The number of pyridine rings is 1. The topological polar surface area (TPSA) is 37.3 Å². The summed E-state index contributed by atoms with van der Waals surface area (Å²) in [6.45, 7) is 0. The molecule has 0 bridgehead atoms. The van der Waals surface area contributed by atoms with E-state index in [1.165, 1.54) is 25.0 Å². The minimum absolute atomic E-state index is 0.548. The van der Waals surface area contributed by atoms with Gasteiger partial charge >= 0.3 is 0 Å². The highest BCUT2D eigenvalue weighted by Gasteiger charge is 2.31. The zero-order valence-corrected chi connectivity index (χ0v) is 12.1. The first-order chi connectivity index (χ1) is 9.90. The van der Waals surface area contributed by atoms with Gasteiger partial charge in [-0.1, -0.05) is 24.2 Å². The summed E-state index contributed by atoms with van der Waals surface area (Å²) >= 11 is 1.86. The molecule has 1 fully saturated rings. The number of thioether (sulfide) groups is 1. The van der Waals surface area contributed by atoms with E-state index in [-0.39, 0.29) is 0 Å². The van der Waals surface area contributed by atoms with Gasteiger partial charge in [-0.25, -0.2) is 0 Å². The molecule has 1 saturated carbocycles. The van der Waals surface area contributed by atoms with Crippen molar-refractivity contribution in [3.8, 4) is 0 Å².